The van der Waals surface area contributed by atoms with Crippen molar-refractivity contribution in [1.82, 2.24) is 14.7 Å². The molecule has 0 aliphatic carbocycles. The molecule has 0 aliphatic heterocycles. The Labute approximate surface area is 102 Å². The molecule has 5 heteroatoms. The van der Waals surface area contributed by atoms with E-state index < -0.39 is 0 Å². The third-order valence-electron chi connectivity index (χ3n) is 2.85. The summed E-state index contributed by atoms with van der Waals surface area (Å²) in [6.45, 7) is 8.95. The minimum atomic E-state index is -0.172. The predicted molar refractivity (Wildman–Crippen MR) is 66.2 cm³/mol. The number of amides is 1. The second-order valence-electron chi connectivity index (χ2n) is 4.34. The van der Waals surface area contributed by atoms with Gasteiger partial charge in [0.05, 0.1) is 0 Å². The number of nitrogens with zero attached hydrogens (tertiary/aromatic N) is 3. The Kier molecular flexibility index (Phi) is 4.15. The van der Waals surface area contributed by atoms with Gasteiger partial charge in [0, 0.05) is 26.1 Å². The van der Waals surface area contributed by atoms with Gasteiger partial charge in [-0.3, -0.25) is 9.48 Å². The summed E-state index contributed by atoms with van der Waals surface area (Å²) >= 11 is 0. The van der Waals surface area contributed by atoms with Crippen molar-refractivity contribution in [3.63, 3.8) is 0 Å². The van der Waals surface area contributed by atoms with Crippen LogP contribution in [0, 0.1) is 0 Å². The van der Waals surface area contributed by atoms with E-state index in [1.807, 2.05) is 27.7 Å². The van der Waals surface area contributed by atoms with Gasteiger partial charge < -0.3 is 10.0 Å². The molecule has 96 valence electrons. The quantitative estimate of drug-likeness (QED) is 0.870. The first-order valence-corrected chi connectivity index (χ1v) is 5.99. The number of hydrogen-bond donors (Lipinski definition) is 1. The number of aryl methyl sites for hydroxylation is 1. The Bertz CT molecular complexity index is 406. The van der Waals surface area contributed by atoms with Crippen molar-refractivity contribution in [2.45, 2.75) is 33.6 Å². The number of aromatic hydroxyl groups is 1. The fraction of sp³-hybridized carbons (Fsp3) is 0.667. The van der Waals surface area contributed by atoms with E-state index in [1.165, 1.54) is 4.68 Å². The molecule has 0 fully saturated rings. The van der Waals surface area contributed by atoms with Crippen molar-refractivity contribution in [2.75, 3.05) is 13.1 Å². The lowest BCUT2D eigenvalue weighted by Gasteiger charge is -2.18. The van der Waals surface area contributed by atoms with Crippen molar-refractivity contribution in [2.24, 2.45) is 7.05 Å². The molecule has 0 aliphatic rings. The first kappa shape index (κ1) is 13.5. The molecule has 1 aromatic heterocycles. The van der Waals surface area contributed by atoms with Crippen LogP contribution >= 0.6 is 0 Å². The second-order valence-corrected chi connectivity index (χ2v) is 4.34. The summed E-state index contributed by atoms with van der Waals surface area (Å²) in [6.07, 6.45) is 0. The lowest BCUT2D eigenvalue weighted by Crippen LogP contribution is -2.32. The number of carbonyl (C=O) groups excluding carboxylic acids is 1. The van der Waals surface area contributed by atoms with Gasteiger partial charge in [-0.05, 0) is 13.8 Å². The van der Waals surface area contributed by atoms with Crippen LogP contribution in [0.5, 0.6) is 5.75 Å². The maximum atomic E-state index is 12.2. The largest absolute Gasteiger partial charge is 0.504 e. The van der Waals surface area contributed by atoms with Crippen LogP contribution in [0.4, 0.5) is 0 Å². The first-order chi connectivity index (χ1) is 7.93. The van der Waals surface area contributed by atoms with Crippen LogP contribution in [0.15, 0.2) is 0 Å². The van der Waals surface area contributed by atoms with Crippen LogP contribution in [-0.2, 0) is 7.05 Å². The highest BCUT2D eigenvalue weighted by molar-refractivity contribution is 5.95. The standard InChI is InChI=1S/C12H21N3O2/c1-6-15(7-2)12(17)10-11(16)9(8(3)4)13-14(10)5/h8,16H,6-7H2,1-5H3. The normalized spacial score (nSPS) is 10.9. The number of aromatic nitrogens is 2. The van der Waals surface area contributed by atoms with E-state index in [-0.39, 0.29) is 23.3 Å². The summed E-state index contributed by atoms with van der Waals surface area (Å²) in [4.78, 5) is 13.9. The molecule has 0 bridgehead atoms. The number of carbonyl (C=O) groups is 1. The van der Waals surface area contributed by atoms with Gasteiger partial charge >= 0.3 is 0 Å². The van der Waals surface area contributed by atoms with Gasteiger partial charge in [0.2, 0.25) is 0 Å². The third kappa shape index (κ3) is 2.43. The Morgan fingerprint density at radius 3 is 2.29 bits per heavy atom. The topological polar surface area (TPSA) is 58.4 Å². The molecule has 1 amide bonds. The van der Waals surface area contributed by atoms with E-state index >= 15 is 0 Å². The van der Waals surface area contributed by atoms with Crippen LogP contribution in [0.2, 0.25) is 0 Å². The van der Waals surface area contributed by atoms with Crippen LogP contribution in [0.1, 0.15) is 49.8 Å². The van der Waals surface area contributed by atoms with Gasteiger partial charge in [-0.25, -0.2) is 0 Å². The maximum absolute atomic E-state index is 12.2. The molecule has 1 rings (SSSR count). The Morgan fingerprint density at radius 2 is 1.94 bits per heavy atom. The first-order valence-electron chi connectivity index (χ1n) is 5.99. The Balaban J connectivity index is 3.18. The summed E-state index contributed by atoms with van der Waals surface area (Å²) in [7, 11) is 1.68. The van der Waals surface area contributed by atoms with E-state index in [1.54, 1.807) is 11.9 Å². The van der Waals surface area contributed by atoms with Gasteiger partial charge in [-0.2, -0.15) is 5.10 Å². The molecule has 0 radical (unpaired) electrons. The van der Waals surface area contributed by atoms with Crippen LogP contribution < -0.4 is 0 Å². The molecule has 0 saturated heterocycles. The average molecular weight is 239 g/mol. The molecule has 1 heterocycles. The summed E-state index contributed by atoms with van der Waals surface area (Å²) in [5.41, 5.74) is 0.848. The fourth-order valence-corrected chi connectivity index (χ4v) is 1.82. The Hall–Kier alpha value is -1.52. The SMILES string of the molecule is CCN(CC)C(=O)c1c(O)c(C(C)C)nn1C. The highest BCUT2D eigenvalue weighted by Crippen LogP contribution is 2.28. The molecular formula is C12H21N3O2. The van der Waals surface area contributed by atoms with Crippen LogP contribution in [-0.4, -0.2) is 38.8 Å². The summed E-state index contributed by atoms with van der Waals surface area (Å²) in [6, 6.07) is 0. The smallest absolute Gasteiger partial charge is 0.275 e. The van der Waals surface area contributed by atoms with E-state index in [9.17, 15) is 9.90 Å². The van der Waals surface area contributed by atoms with Gasteiger partial charge in [0.15, 0.2) is 11.4 Å². The number of hydrogen-bond acceptors (Lipinski definition) is 3. The van der Waals surface area contributed by atoms with Crippen molar-refractivity contribution in [3.8, 4) is 5.75 Å². The zero-order valence-corrected chi connectivity index (χ0v) is 11.2. The average Bonchev–Trinajstić information content (AvgIpc) is 2.56. The van der Waals surface area contributed by atoms with Gasteiger partial charge in [0.25, 0.3) is 5.91 Å². The molecule has 1 N–H and O–H groups in total. The van der Waals surface area contributed by atoms with Crippen molar-refractivity contribution in [1.29, 1.82) is 0 Å². The lowest BCUT2D eigenvalue weighted by atomic mass is 10.1. The lowest BCUT2D eigenvalue weighted by molar-refractivity contribution is 0.0759. The molecule has 1 aromatic rings. The molecular weight excluding hydrogens is 218 g/mol. The van der Waals surface area contributed by atoms with Crippen LogP contribution in [0.25, 0.3) is 0 Å². The molecule has 0 aromatic carbocycles. The second kappa shape index (κ2) is 5.21. The van der Waals surface area contributed by atoms with E-state index in [2.05, 4.69) is 5.10 Å². The van der Waals surface area contributed by atoms with Crippen molar-refractivity contribution >= 4 is 5.91 Å². The van der Waals surface area contributed by atoms with Gasteiger partial charge in [0.1, 0.15) is 5.69 Å². The summed E-state index contributed by atoms with van der Waals surface area (Å²) in [5.74, 6) is -0.0618. The molecule has 0 spiro atoms. The fourth-order valence-electron chi connectivity index (χ4n) is 1.82. The van der Waals surface area contributed by atoms with Gasteiger partial charge in [-0.1, -0.05) is 13.8 Å². The molecule has 17 heavy (non-hydrogen) atoms. The molecule has 5 nitrogen and oxygen atoms in total. The summed E-state index contributed by atoms with van der Waals surface area (Å²) in [5, 5.41) is 14.3. The highest BCUT2D eigenvalue weighted by atomic mass is 16.3. The van der Waals surface area contributed by atoms with E-state index in [0.29, 0.717) is 18.8 Å². The van der Waals surface area contributed by atoms with Gasteiger partial charge in [-0.15, -0.1) is 0 Å². The maximum Gasteiger partial charge on any atom is 0.275 e. The van der Waals surface area contributed by atoms with E-state index in [0.717, 1.165) is 0 Å². The zero-order chi connectivity index (χ0) is 13.2. The predicted octanol–water partition coefficient (Wildman–Crippen LogP) is 1.73. The van der Waals surface area contributed by atoms with Crippen LogP contribution in [0.3, 0.4) is 0 Å². The van der Waals surface area contributed by atoms with E-state index in [4.69, 9.17) is 0 Å². The van der Waals surface area contributed by atoms with Crippen molar-refractivity contribution in [3.05, 3.63) is 11.4 Å². The molecule has 0 unspecified atom stereocenters. The zero-order valence-electron chi connectivity index (χ0n) is 11.2. The van der Waals surface area contributed by atoms with Crippen molar-refractivity contribution < 1.29 is 9.90 Å². The third-order valence-corrected chi connectivity index (χ3v) is 2.85. The monoisotopic (exact) mass is 239 g/mol. The minimum Gasteiger partial charge on any atom is -0.504 e. The number of rotatable bonds is 4. The highest BCUT2D eigenvalue weighted by Gasteiger charge is 2.25. The molecule has 0 saturated carbocycles. The summed E-state index contributed by atoms with van der Waals surface area (Å²) < 4.78 is 1.46. The molecule has 0 atom stereocenters. The minimum absolute atomic E-state index is 0.0133. The Morgan fingerprint density at radius 1 is 1.41 bits per heavy atom.